The van der Waals surface area contributed by atoms with E-state index in [4.69, 9.17) is 32.4 Å². The van der Waals surface area contributed by atoms with Crippen molar-refractivity contribution in [1.82, 2.24) is 14.7 Å². The summed E-state index contributed by atoms with van der Waals surface area (Å²) in [5, 5.41) is 4.81. The number of halogens is 2. The molecule has 3 rings (SSSR count). The zero-order valence-corrected chi connectivity index (χ0v) is 24.2. The lowest BCUT2D eigenvalue weighted by Crippen LogP contribution is -2.45. The van der Waals surface area contributed by atoms with E-state index in [-0.39, 0.29) is 22.6 Å². The molecule has 196 valence electrons. The van der Waals surface area contributed by atoms with Crippen LogP contribution < -0.4 is 0 Å². The van der Waals surface area contributed by atoms with Gasteiger partial charge in [0.25, 0.3) is 0 Å². The van der Waals surface area contributed by atoms with Crippen LogP contribution in [0.4, 0.5) is 14.9 Å². The van der Waals surface area contributed by atoms with Gasteiger partial charge in [-0.2, -0.15) is 5.10 Å². The number of ether oxygens (including phenoxy) is 1. The highest BCUT2D eigenvalue weighted by Gasteiger charge is 2.38. The van der Waals surface area contributed by atoms with Crippen LogP contribution in [-0.4, -0.2) is 47.8 Å². The Kier molecular flexibility index (Phi) is 7.94. The van der Waals surface area contributed by atoms with Crippen molar-refractivity contribution in [3.05, 3.63) is 46.2 Å². The maximum absolute atomic E-state index is 13.8. The Morgan fingerprint density at radius 3 is 2.50 bits per heavy atom. The Morgan fingerprint density at radius 1 is 1.28 bits per heavy atom. The normalized spacial score (nSPS) is 16.5. The van der Waals surface area contributed by atoms with Gasteiger partial charge in [-0.3, -0.25) is 4.68 Å². The summed E-state index contributed by atoms with van der Waals surface area (Å²) in [5.41, 5.74) is 1.27. The molecule has 0 radical (unpaired) electrons. The monoisotopic (exact) mass is 534 g/mol. The molecule has 0 N–H and O–H groups in total. The number of fused-ring (bicyclic) bond motifs is 1. The number of hydrogen-bond acceptors (Lipinski definition) is 4. The van der Waals surface area contributed by atoms with E-state index in [2.05, 4.69) is 38.7 Å². The highest BCUT2D eigenvalue weighted by Crippen LogP contribution is 2.40. The van der Waals surface area contributed by atoms with E-state index in [1.165, 1.54) is 12.1 Å². The Morgan fingerprint density at radius 2 is 1.94 bits per heavy atom. The second-order valence-electron chi connectivity index (χ2n) is 11.7. The van der Waals surface area contributed by atoms with Gasteiger partial charge < -0.3 is 14.1 Å². The largest absolute Gasteiger partial charge is 0.444 e. The minimum atomic E-state index is -1.96. The SMILES string of the molecule is [C-]#[N+]c1c(-c2ccc(F)c(Cl)c2)nn2c1CN(C(=O)OC(C)(C)C)CC2CCO[Si](C)(C)C(C)(C)C. The summed E-state index contributed by atoms with van der Waals surface area (Å²) in [6, 6.07) is 4.09. The van der Waals surface area contributed by atoms with Crippen molar-refractivity contribution < 1.29 is 18.3 Å². The second-order valence-corrected chi connectivity index (χ2v) is 17.0. The maximum atomic E-state index is 13.8. The number of rotatable bonds is 5. The Balaban J connectivity index is 1.99. The van der Waals surface area contributed by atoms with E-state index in [0.717, 1.165) is 0 Å². The molecule has 2 aromatic rings. The summed E-state index contributed by atoms with van der Waals surface area (Å²) >= 11 is 6.02. The average Bonchev–Trinajstić information content (AvgIpc) is 3.12. The number of nitrogens with zero attached hydrogens (tertiary/aromatic N) is 4. The summed E-state index contributed by atoms with van der Waals surface area (Å²) in [5.74, 6) is -0.537. The van der Waals surface area contributed by atoms with E-state index in [0.29, 0.717) is 42.2 Å². The summed E-state index contributed by atoms with van der Waals surface area (Å²) in [7, 11) is -1.96. The highest BCUT2D eigenvalue weighted by molar-refractivity contribution is 6.74. The smallest absolute Gasteiger partial charge is 0.410 e. The van der Waals surface area contributed by atoms with Crippen LogP contribution in [0.25, 0.3) is 16.1 Å². The van der Waals surface area contributed by atoms with E-state index in [9.17, 15) is 9.18 Å². The fourth-order valence-corrected chi connectivity index (χ4v) is 5.03. The fraction of sp³-hybridized carbons (Fsp3) is 0.577. The van der Waals surface area contributed by atoms with Gasteiger partial charge in [0.05, 0.1) is 35.6 Å². The number of benzene rings is 1. The highest BCUT2D eigenvalue weighted by atomic mass is 35.5. The second kappa shape index (κ2) is 10.2. The standard InChI is InChI=1S/C26H36ClFN4O3Si/c1-25(2,3)35-24(33)31-15-18(12-13-34-36(8,9)26(4,5)6)32-21(16-31)23(29-7)22(30-32)17-10-11-20(28)19(27)14-17/h10-11,14,18H,12-13,15-16H2,1-6,8-9H3. The zero-order valence-electron chi connectivity index (χ0n) is 22.4. The van der Waals surface area contributed by atoms with Gasteiger partial charge in [0.15, 0.2) is 8.32 Å². The van der Waals surface area contributed by atoms with E-state index in [1.54, 1.807) is 11.0 Å². The molecule has 1 aromatic heterocycles. The number of hydrogen-bond donors (Lipinski definition) is 0. The van der Waals surface area contributed by atoms with E-state index < -0.39 is 25.8 Å². The van der Waals surface area contributed by atoms with E-state index >= 15 is 0 Å². The van der Waals surface area contributed by atoms with Crippen LogP contribution >= 0.6 is 11.6 Å². The van der Waals surface area contributed by atoms with Gasteiger partial charge in [-0.1, -0.05) is 38.4 Å². The molecular formula is C26H36ClFN4O3Si. The Hall–Kier alpha value is -2.41. The van der Waals surface area contributed by atoms with Crippen molar-refractivity contribution in [3.63, 3.8) is 0 Å². The van der Waals surface area contributed by atoms with Gasteiger partial charge in [-0.25, -0.2) is 14.0 Å². The summed E-state index contributed by atoms with van der Waals surface area (Å²) in [6.45, 7) is 25.4. The first-order valence-corrected chi connectivity index (χ1v) is 15.4. The van der Waals surface area contributed by atoms with Crippen molar-refractivity contribution in [1.29, 1.82) is 0 Å². The van der Waals surface area contributed by atoms with Gasteiger partial charge in [0.2, 0.25) is 5.69 Å². The fourth-order valence-electron chi connectivity index (χ4n) is 3.79. The third-order valence-electron chi connectivity index (χ3n) is 6.78. The lowest BCUT2D eigenvalue weighted by molar-refractivity contribution is 0.0149. The van der Waals surface area contributed by atoms with Gasteiger partial charge in [-0.05, 0) is 63.0 Å². The van der Waals surface area contributed by atoms with Gasteiger partial charge in [0.1, 0.15) is 11.4 Å². The molecule has 2 heterocycles. The van der Waals surface area contributed by atoms with Crippen LogP contribution in [0.3, 0.4) is 0 Å². The van der Waals surface area contributed by atoms with Crippen molar-refractivity contribution >= 4 is 31.7 Å². The molecule has 0 bridgehead atoms. The topological polar surface area (TPSA) is 61.0 Å². The molecule has 1 aliphatic heterocycles. The van der Waals surface area contributed by atoms with Gasteiger partial charge in [0, 0.05) is 13.2 Å². The molecule has 0 spiro atoms. The molecule has 10 heteroatoms. The molecular weight excluding hydrogens is 499 g/mol. The molecule has 1 atom stereocenters. The number of carbonyl (C=O) groups excluding carboxylic acids is 1. The predicted molar refractivity (Wildman–Crippen MR) is 142 cm³/mol. The van der Waals surface area contributed by atoms with Crippen LogP contribution in [0.15, 0.2) is 18.2 Å². The summed E-state index contributed by atoms with van der Waals surface area (Å²) in [4.78, 5) is 18.4. The molecule has 1 amide bonds. The molecule has 1 unspecified atom stereocenters. The van der Waals surface area contributed by atoms with E-state index in [1.807, 2.05) is 25.5 Å². The van der Waals surface area contributed by atoms with Crippen LogP contribution in [-0.2, 0) is 15.7 Å². The van der Waals surface area contributed by atoms with Crippen molar-refractivity contribution in [2.75, 3.05) is 13.2 Å². The van der Waals surface area contributed by atoms with Crippen molar-refractivity contribution in [2.24, 2.45) is 0 Å². The van der Waals surface area contributed by atoms with Crippen molar-refractivity contribution in [2.45, 2.75) is 84.3 Å². The minimum absolute atomic E-state index is 0.0379. The van der Waals surface area contributed by atoms with Crippen LogP contribution in [0.1, 0.15) is 59.7 Å². The predicted octanol–water partition coefficient (Wildman–Crippen LogP) is 7.60. The molecule has 0 aliphatic carbocycles. The first kappa shape index (κ1) is 28.2. The molecule has 1 aliphatic rings. The average molecular weight is 535 g/mol. The molecule has 0 saturated heterocycles. The molecule has 0 saturated carbocycles. The summed E-state index contributed by atoms with van der Waals surface area (Å²) < 4.78 is 27.7. The number of aromatic nitrogens is 2. The van der Waals surface area contributed by atoms with Crippen LogP contribution in [0, 0.1) is 12.4 Å². The van der Waals surface area contributed by atoms with Gasteiger partial charge in [-0.15, -0.1) is 0 Å². The summed E-state index contributed by atoms with van der Waals surface area (Å²) in [6.07, 6.45) is 0.175. The first-order chi connectivity index (χ1) is 16.5. The van der Waals surface area contributed by atoms with Crippen LogP contribution in [0.5, 0.6) is 0 Å². The van der Waals surface area contributed by atoms with Crippen LogP contribution in [0.2, 0.25) is 23.2 Å². The maximum Gasteiger partial charge on any atom is 0.410 e. The third kappa shape index (κ3) is 6.10. The minimum Gasteiger partial charge on any atom is -0.444 e. The Bertz CT molecular complexity index is 1180. The van der Waals surface area contributed by atoms with Gasteiger partial charge >= 0.3 is 6.09 Å². The third-order valence-corrected chi connectivity index (χ3v) is 11.6. The zero-order chi connectivity index (χ0) is 27.1. The number of amides is 1. The van der Waals surface area contributed by atoms with Crippen molar-refractivity contribution in [3.8, 4) is 11.3 Å². The molecule has 0 fully saturated rings. The lowest BCUT2D eigenvalue weighted by Gasteiger charge is -2.38. The molecule has 1 aromatic carbocycles. The Labute approximate surface area is 219 Å². The first-order valence-electron chi connectivity index (χ1n) is 12.1. The lowest BCUT2D eigenvalue weighted by atomic mass is 10.1. The quantitative estimate of drug-likeness (QED) is 0.293. The number of carbonyl (C=O) groups is 1. The molecule has 36 heavy (non-hydrogen) atoms. The molecule has 7 nitrogen and oxygen atoms in total.